The summed E-state index contributed by atoms with van der Waals surface area (Å²) in [5.41, 5.74) is 4.59. The number of allylic oxidation sites excluding steroid dienone is 3. The zero-order valence-electron chi connectivity index (χ0n) is 9.91. The molecule has 0 spiro atoms. The van der Waals surface area contributed by atoms with E-state index in [-0.39, 0.29) is 0 Å². The second-order valence-corrected chi connectivity index (χ2v) is 4.91. The molecule has 0 fully saturated rings. The molecule has 3 rings (SSSR count). The molecule has 0 atom stereocenters. The number of nitrogens with zero attached hydrogens (tertiary/aromatic N) is 1. The lowest BCUT2D eigenvalue weighted by molar-refractivity contribution is 1.20. The van der Waals surface area contributed by atoms with Crippen molar-refractivity contribution in [2.45, 2.75) is 0 Å². The third kappa shape index (κ3) is 2.03. The number of hydrogen-bond acceptors (Lipinski definition) is 2. The minimum atomic E-state index is 0.986. The van der Waals surface area contributed by atoms with Crippen molar-refractivity contribution >= 4 is 22.6 Å². The number of para-hydroxylation sites is 1. The van der Waals surface area contributed by atoms with Gasteiger partial charge >= 0.3 is 0 Å². The molecule has 2 aromatic rings. The van der Waals surface area contributed by atoms with Gasteiger partial charge in [0.2, 0.25) is 0 Å². The highest BCUT2D eigenvalue weighted by Gasteiger charge is 2.11. The Bertz CT molecular complexity index is 606. The molecule has 1 nitrogen and oxygen atoms in total. The van der Waals surface area contributed by atoms with Crippen molar-refractivity contribution in [1.29, 1.82) is 0 Å². The molecule has 0 aliphatic carbocycles. The van der Waals surface area contributed by atoms with E-state index in [4.69, 9.17) is 0 Å². The fourth-order valence-electron chi connectivity index (χ4n) is 1.96. The van der Waals surface area contributed by atoms with E-state index in [2.05, 4.69) is 58.8 Å². The highest BCUT2D eigenvalue weighted by Crippen LogP contribution is 2.29. The average Bonchev–Trinajstić information content (AvgIpc) is 2.94. The number of benzene rings is 1. The molecule has 0 unspecified atom stereocenters. The van der Waals surface area contributed by atoms with E-state index < -0.39 is 0 Å². The van der Waals surface area contributed by atoms with Crippen LogP contribution in [0.4, 0.5) is 5.69 Å². The van der Waals surface area contributed by atoms with E-state index in [1.165, 1.54) is 11.1 Å². The van der Waals surface area contributed by atoms with Gasteiger partial charge in [0.1, 0.15) is 0 Å². The van der Waals surface area contributed by atoms with Gasteiger partial charge in [-0.05, 0) is 46.2 Å². The molecule has 1 aromatic carbocycles. The molecule has 1 aliphatic rings. The Hall–Kier alpha value is -2.06. The second-order valence-electron chi connectivity index (χ2n) is 4.13. The Kier molecular flexibility index (Phi) is 2.87. The molecular weight excluding hydrogens is 238 g/mol. The molecule has 1 aliphatic heterocycles. The number of anilines is 1. The Labute approximate surface area is 111 Å². The number of rotatable bonds is 2. The van der Waals surface area contributed by atoms with Crippen LogP contribution in [0.5, 0.6) is 0 Å². The normalized spacial score (nSPS) is 14.8. The SMILES string of the molecule is C=C1C=CC(c2ccsc2)=CN1c1ccccc1. The monoisotopic (exact) mass is 251 g/mol. The molecule has 2 heteroatoms. The van der Waals surface area contributed by atoms with Crippen molar-refractivity contribution in [2.24, 2.45) is 0 Å². The second kappa shape index (κ2) is 4.67. The van der Waals surface area contributed by atoms with Crippen molar-refractivity contribution in [3.05, 3.63) is 83.3 Å². The predicted octanol–water partition coefficient (Wildman–Crippen LogP) is 4.68. The molecule has 0 N–H and O–H groups in total. The first kappa shape index (κ1) is 11.1. The van der Waals surface area contributed by atoms with Crippen LogP contribution in [0.3, 0.4) is 0 Å². The predicted molar refractivity (Wildman–Crippen MR) is 79.5 cm³/mol. The molecule has 0 bridgehead atoms. The standard InChI is InChI=1S/C16H13NS/c1-13-7-8-14(15-9-10-18-12-15)11-17(13)16-5-3-2-4-6-16/h2-12H,1H2. The third-order valence-corrected chi connectivity index (χ3v) is 3.60. The molecule has 0 radical (unpaired) electrons. The van der Waals surface area contributed by atoms with Crippen LogP contribution in [0.25, 0.3) is 5.57 Å². The Balaban J connectivity index is 2.00. The van der Waals surface area contributed by atoms with Gasteiger partial charge in [-0.25, -0.2) is 0 Å². The number of hydrogen-bond donors (Lipinski definition) is 0. The summed E-state index contributed by atoms with van der Waals surface area (Å²) in [6.45, 7) is 4.08. The first-order valence-electron chi connectivity index (χ1n) is 5.80. The van der Waals surface area contributed by atoms with Crippen molar-refractivity contribution in [3.8, 4) is 0 Å². The van der Waals surface area contributed by atoms with Crippen LogP contribution >= 0.6 is 11.3 Å². The van der Waals surface area contributed by atoms with Crippen LogP contribution in [0, 0.1) is 0 Å². The summed E-state index contributed by atoms with van der Waals surface area (Å²) >= 11 is 1.72. The highest BCUT2D eigenvalue weighted by molar-refractivity contribution is 7.08. The summed E-state index contributed by atoms with van der Waals surface area (Å²) < 4.78 is 0. The highest BCUT2D eigenvalue weighted by atomic mass is 32.1. The van der Waals surface area contributed by atoms with E-state index in [1.54, 1.807) is 11.3 Å². The third-order valence-electron chi connectivity index (χ3n) is 2.92. The molecule has 0 saturated carbocycles. The van der Waals surface area contributed by atoms with Crippen molar-refractivity contribution in [2.75, 3.05) is 4.90 Å². The molecule has 88 valence electrons. The minimum Gasteiger partial charge on any atom is -0.317 e. The maximum absolute atomic E-state index is 4.08. The maximum Gasteiger partial charge on any atom is 0.0455 e. The van der Waals surface area contributed by atoms with Gasteiger partial charge in [-0.3, -0.25) is 0 Å². The first-order valence-corrected chi connectivity index (χ1v) is 6.74. The lowest BCUT2D eigenvalue weighted by atomic mass is 10.1. The zero-order valence-corrected chi connectivity index (χ0v) is 10.7. The van der Waals surface area contributed by atoms with Gasteiger partial charge in [-0.2, -0.15) is 11.3 Å². The molecule has 2 heterocycles. The molecule has 0 saturated heterocycles. The topological polar surface area (TPSA) is 3.24 Å². The van der Waals surface area contributed by atoms with Gasteiger partial charge in [-0.15, -0.1) is 0 Å². The molecule has 0 amide bonds. The summed E-state index contributed by atoms with van der Waals surface area (Å²) in [6.07, 6.45) is 6.31. The molecule has 1 aromatic heterocycles. The molecular formula is C16H13NS. The van der Waals surface area contributed by atoms with Crippen LogP contribution in [-0.2, 0) is 0 Å². The molecule has 18 heavy (non-hydrogen) atoms. The first-order chi connectivity index (χ1) is 8.84. The largest absolute Gasteiger partial charge is 0.317 e. The summed E-state index contributed by atoms with van der Waals surface area (Å²) in [6, 6.07) is 12.4. The maximum atomic E-state index is 4.08. The Morgan fingerprint density at radius 3 is 2.56 bits per heavy atom. The fraction of sp³-hybridized carbons (Fsp3) is 0. The zero-order chi connectivity index (χ0) is 12.4. The van der Waals surface area contributed by atoms with E-state index in [0.717, 1.165) is 11.4 Å². The van der Waals surface area contributed by atoms with Crippen molar-refractivity contribution in [3.63, 3.8) is 0 Å². The Morgan fingerprint density at radius 2 is 1.83 bits per heavy atom. The quantitative estimate of drug-likeness (QED) is 0.749. The van der Waals surface area contributed by atoms with Gasteiger partial charge in [0.15, 0.2) is 0 Å². The Morgan fingerprint density at radius 1 is 1.00 bits per heavy atom. The van der Waals surface area contributed by atoms with Crippen molar-refractivity contribution < 1.29 is 0 Å². The van der Waals surface area contributed by atoms with E-state index in [1.807, 2.05) is 18.2 Å². The van der Waals surface area contributed by atoms with Gasteiger partial charge in [0.25, 0.3) is 0 Å². The summed E-state index contributed by atoms with van der Waals surface area (Å²) in [7, 11) is 0. The van der Waals surface area contributed by atoms with Crippen LogP contribution in [0.2, 0.25) is 0 Å². The van der Waals surface area contributed by atoms with Crippen LogP contribution in [-0.4, -0.2) is 0 Å². The average molecular weight is 251 g/mol. The van der Waals surface area contributed by atoms with Crippen LogP contribution < -0.4 is 4.90 Å². The van der Waals surface area contributed by atoms with E-state index in [9.17, 15) is 0 Å². The van der Waals surface area contributed by atoms with Crippen molar-refractivity contribution in [1.82, 2.24) is 0 Å². The summed E-state index contributed by atoms with van der Waals surface area (Å²) in [4.78, 5) is 2.12. The summed E-state index contributed by atoms with van der Waals surface area (Å²) in [5, 5.41) is 4.26. The van der Waals surface area contributed by atoms with Gasteiger partial charge in [0.05, 0.1) is 0 Å². The van der Waals surface area contributed by atoms with Gasteiger partial charge < -0.3 is 4.90 Å². The smallest absolute Gasteiger partial charge is 0.0455 e. The lowest BCUT2D eigenvalue weighted by Crippen LogP contribution is -2.16. The fourth-order valence-corrected chi connectivity index (χ4v) is 2.62. The summed E-state index contributed by atoms with van der Waals surface area (Å²) in [5.74, 6) is 0. The van der Waals surface area contributed by atoms with Gasteiger partial charge in [0, 0.05) is 17.6 Å². The minimum absolute atomic E-state index is 0.986. The van der Waals surface area contributed by atoms with E-state index in [0.29, 0.717) is 0 Å². The van der Waals surface area contributed by atoms with Gasteiger partial charge in [-0.1, -0.05) is 30.9 Å². The van der Waals surface area contributed by atoms with Crippen LogP contribution in [0.15, 0.2) is 77.8 Å². The lowest BCUT2D eigenvalue weighted by Gasteiger charge is -2.25. The number of thiophene rings is 1. The van der Waals surface area contributed by atoms with Crippen LogP contribution in [0.1, 0.15) is 5.56 Å². The van der Waals surface area contributed by atoms with E-state index >= 15 is 0 Å².